The zero-order chi connectivity index (χ0) is 15.1. The maximum absolute atomic E-state index is 11.9. The summed E-state index contributed by atoms with van der Waals surface area (Å²) in [6.45, 7) is 3.45. The molecule has 2 N–H and O–H groups in total. The van der Waals surface area contributed by atoms with Gasteiger partial charge in [0.15, 0.2) is 0 Å². The lowest BCUT2D eigenvalue weighted by Gasteiger charge is -2.31. The number of aromatic nitrogens is 2. The monoisotopic (exact) mass is 294 g/mol. The number of carbonyl (C=O) groups excluding carboxylic acids is 2. The molecule has 2 rings (SSSR count). The van der Waals surface area contributed by atoms with Crippen molar-refractivity contribution in [2.45, 2.75) is 38.6 Å². The number of ether oxygens (including phenoxy) is 1. The van der Waals surface area contributed by atoms with Gasteiger partial charge in [-0.1, -0.05) is 0 Å². The minimum atomic E-state index is -0.262. The Balaban J connectivity index is 1.66. The normalized spacial score (nSPS) is 15.8. The van der Waals surface area contributed by atoms with Crippen molar-refractivity contribution in [1.82, 2.24) is 20.2 Å². The fourth-order valence-corrected chi connectivity index (χ4v) is 2.39. The second kappa shape index (κ2) is 7.66. The Morgan fingerprint density at radius 3 is 2.86 bits per heavy atom. The lowest BCUT2D eigenvalue weighted by atomic mass is 10.1. The average molecular weight is 294 g/mol. The molecule has 1 aliphatic heterocycles. The predicted molar refractivity (Wildman–Crippen MR) is 76.7 cm³/mol. The highest BCUT2D eigenvalue weighted by molar-refractivity contribution is 5.76. The number of hydrogen-bond donors (Lipinski definition) is 2. The van der Waals surface area contributed by atoms with E-state index in [9.17, 15) is 9.59 Å². The number of hydrogen-bond acceptors (Lipinski definition) is 4. The largest absolute Gasteiger partial charge is 0.450 e. The number of amides is 2. The molecular weight excluding hydrogens is 272 g/mol. The minimum Gasteiger partial charge on any atom is -0.450 e. The van der Waals surface area contributed by atoms with Crippen molar-refractivity contribution in [2.75, 3.05) is 19.7 Å². The number of piperidine rings is 1. The van der Waals surface area contributed by atoms with Gasteiger partial charge in [-0.15, -0.1) is 0 Å². The highest BCUT2D eigenvalue weighted by atomic mass is 16.6. The maximum atomic E-state index is 11.9. The molecule has 1 saturated heterocycles. The molecule has 0 unspecified atom stereocenters. The Morgan fingerprint density at radius 1 is 1.48 bits per heavy atom. The molecule has 1 aliphatic rings. The van der Waals surface area contributed by atoms with E-state index < -0.39 is 0 Å². The van der Waals surface area contributed by atoms with Gasteiger partial charge in [0.05, 0.1) is 12.9 Å². The standard InChI is InChI=1S/C14H22N4O3/c1-2-21-14(20)18-7-5-11(6-8-18)17-13(19)4-3-12-9-15-10-16-12/h9-11H,2-8H2,1H3,(H,15,16)(H,17,19). The Labute approximate surface area is 124 Å². The fraction of sp³-hybridized carbons (Fsp3) is 0.643. The topological polar surface area (TPSA) is 87.3 Å². The van der Waals surface area contributed by atoms with Crippen molar-refractivity contribution in [3.63, 3.8) is 0 Å². The van der Waals surface area contributed by atoms with Gasteiger partial charge in [-0.05, 0) is 26.2 Å². The molecule has 1 aromatic rings. The SMILES string of the molecule is CCOC(=O)N1CCC(NC(=O)CCc2cnc[nH]2)CC1. The number of H-pyrrole nitrogens is 1. The molecule has 2 heterocycles. The summed E-state index contributed by atoms with van der Waals surface area (Å²) in [4.78, 5) is 32.0. The number of aromatic amines is 1. The summed E-state index contributed by atoms with van der Waals surface area (Å²) in [7, 11) is 0. The molecule has 0 radical (unpaired) electrons. The third-order valence-corrected chi connectivity index (χ3v) is 3.56. The lowest BCUT2D eigenvalue weighted by molar-refractivity contribution is -0.122. The molecule has 0 aromatic carbocycles. The number of imidazole rings is 1. The van der Waals surface area contributed by atoms with E-state index in [4.69, 9.17) is 4.74 Å². The molecule has 7 heteroatoms. The lowest BCUT2D eigenvalue weighted by Crippen LogP contribution is -2.46. The molecule has 116 valence electrons. The van der Waals surface area contributed by atoms with Crippen LogP contribution in [-0.2, 0) is 16.0 Å². The molecule has 0 atom stereocenters. The molecule has 0 aliphatic carbocycles. The van der Waals surface area contributed by atoms with Gasteiger partial charge in [-0.3, -0.25) is 4.79 Å². The predicted octanol–water partition coefficient (Wildman–Crippen LogP) is 1.08. The number of carbonyl (C=O) groups is 2. The van der Waals surface area contributed by atoms with Gasteiger partial charge in [0, 0.05) is 37.4 Å². The first kappa shape index (κ1) is 15.3. The van der Waals surface area contributed by atoms with E-state index in [1.54, 1.807) is 24.3 Å². The quantitative estimate of drug-likeness (QED) is 0.850. The van der Waals surface area contributed by atoms with Crippen LogP contribution in [0.25, 0.3) is 0 Å². The van der Waals surface area contributed by atoms with E-state index in [0.29, 0.717) is 32.5 Å². The number of likely N-dealkylation sites (tertiary alicyclic amines) is 1. The maximum Gasteiger partial charge on any atom is 0.409 e. The van der Waals surface area contributed by atoms with Gasteiger partial charge in [0.25, 0.3) is 0 Å². The number of nitrogens with zero attached hydrogens (tertiary/aromatic N) is 2. The van der Waals surface area contributed by atoms with Crippen LogP contribution in [0.15, 0.2) is 12.5 Å². The first-order valence-corrected chi connectivity index (χ1v) is 7.37. The van der Waals surface area contributed by atoms with Crippen LogP contribution in [0.5, 0.6) is 0 Å². The van der Waals surface area contributed by atoms with E-state index in [1.165, 1.54) is 0 Å². The molecule has 0 spiro atoms. The zero-order valence-corrected chi connectivity index (χ0v) is 12.3. The Bertz CT molecular complexity index is 453. The second-order valence-corrected chi connectivity index (χ2v) is 5.10. The van der Waals surface area contributed by atoms with E-state index in [0.717, 1.165) is 18.5 Å². The van der Waals surface area contributed by atoms with Crippen LogP contribution in [0.2, 0.25) is 0 Å². The number of rotatable bonds is 5. The minimum absolute atomic E-state index is 0.0409. The van der Waals surface area contributed by atoms with Gasteiger partial charge in [-0.2, -0.15) is 0 Å². The van der Waals surface area contributed by atoms with E-state index in [-0.39, 0.29) is 18.0 Å². The first-order valence-electron chi connectivity index (χ1n) is 7.37. The third-order valence-electron chi connectivity index (χ3n) is 3.56. The highest BCUT2D eigenvalue weighted by Crippen LogP contribution is 2.12. The summed E-state index contributed by atoms with van der Waals surface area (Å²) in [6.07, 6.45) is 5.72. The summed E-state index contributed by atoms with van der Waals surface area (Å²) in [5.74, 6) is 0.0409. The number of nitrogens with one attached hydrogen (secondary N) is 2. The number of aryl methyl sites for hydroxylation is 1. The molecule has 1 aromatic heterocycles. The van der Waals surface area contributed by atoms with Gasteiger partial charge < -0.3 is 19.9 Å². The van der Waals surface area contributed by atoms with Crippen molar-refractivity contribution in [1.29, 1.82) is 0 Å². The highest BCUT2D eigenvalue weighted by Gasteiger charge is 2.24. The smallest absolute Gasteiger partial charge is 0.409 e. The van der Waals surface area contributed by atoms with Crippen LogP contribution in [0, 0.1) is 0 Å². The summed E-state index contributed by atoms with van der Waals surface area (Å²) >= 11 is 0. The van der Waals surface area contributed by atoms with Gasteiger partial charge in [0.2, 0.25) is 5.91 Å². The zero-order valence-electron chi connectivity index (χ0n) is 12.3. The van der Waals surface area contributed by atoms with Gasteiger partial charge in [0.1, 0.15) is 0 Å². The van der Waals surface area contributed by atoms with Crippen LogP contribution in [0.1, 0.15) is 31.9 Å². The summed E-state index contributed by atoms with van der Waals surface area (Å²) < 4.78 is 4.97. The summed E-state index contributed by atoms with van der Waals surface area (Å²) in [6, 6.07) is 0.143. The van der Waals surface area contributed by atoms with Gasteiger partial charge in [-0.25, -0.2) is 9.78 Å². The van der Waals surface area contributed by atoms with Crippen molar-refractivity contribution in [3.8, 4) is 0 Å². The van der Waals surface area contributed by atoms with Crippen LogP contribution in [0.3, 0.4) is 0 Å². The third kappa shape index (κ3) is 4.77. The molecule has 1 fully saturated rings. The molecule has 21 heavy (non-hydrogen) atoms. The second-order valence-electron chi connectivity index (χ2n) is 5.10. The van der Waals surface area contributed by atoms with Crippen LogP contribution < -0.4 is 5.32 Å². The molecule has 0 bridgehead atoms. The Kier molecular flexibility index (Phi) is 5.59. The van der Waals surface area contributed by atoms with Crippen molar-refractivity contribution < 1.29 is 14.3 Å². The Hall–Kier alpha value is -2.05. The van der Waals surface area contributed by atoms with Crippen molar-refractivity contribution in [2.24, 2.45) is 0 Å². The van der Waals surface area contributed by atoms with E-state index >= 15 is 0 Å². The van der Waals surface area contributed by atoms with Gasteiger partial charge >= 0.3 is 6.09 Å². The van der Waals surface area contributed by atoms with E-state index in [2.05, 4.69) is 15.3 Å². The first-order chi connectivity index (χ1) is 10.2. The fourth-order valence-electron chi connectivity index (χ4n) is 2.39. The average Bonchev–Trinajstić information content (AvgIpc) is 2.99. The van der Waals surface area contributed by atoms with Crippen LogP contribution in [0.4, 0.5) is 4.79 Å². The van der Waals surface area contributed by atoms with E-state index in [1.807, 2.05) is 0 Å². The summed E-state index contributed by atoms with van der Waals surface area (Å²) in [5, 5.41) is 3.02. The Morgan fingerprint density at radius 2 is 2.24 bits per heavy atom. The van der Waals surface area contributed by atoms with Crippen LogP contribution >= 0.6 is 0 Å². The molecule has 7 nitrogen and oxygen atoms in total. The molecule has 0 saturated carbocycles. The summed E-state index contributed by atoms with van der Waals surface area (Å²) in [5.41, 5.74) is 0.960. The van der Waals surface area contributed by atoms with Crippen molar-refractivity contribution >= 4 is 12.0 Å². The van der Waals surface area contributed by atoms with Crippen LogP contribution in [-0.4, -0.2) is 52.6 Å². The molecular formula is C14H22N4O3. The molecule has 2 amide bonds. The van der Waals surface area contributed by atoms with Crippen molar-refractivity contribution in [3.05, 3.63) is 18.2 Å².